The second-order valence-corrected chi connectivity index (χ2v) is 12.9. The Morgan fingerprint density at radius 3 is 2.42 bits per heavy atom. The lowest BCUT2D eigenvalue weighted by atomic mass is 9.96. The number of pyridine rings is 2. The molecule has 0 bridgehead atoms. The van der Waals surface area contributed by atoms with Crippen LogP contribution in [0.5, 0.6) is 0 Å². The minimum atomic E-state index is -0.447. The van der Waals surface area contributed by atoms with Crippen LogP contribution in [0.25, 0.3) is 28.0 Å². The maximum Gasteiger partial charge on any atom is 0.355 e. The zero-order chi connectivity index (χ0) is 30.6. The first kappa shape index (κ1) is 29.5. The van der Waals surface area contributed by atoms with Crippen molar-refractivity contribution in [3.05, 3.63) is 69.0 Å². The molecule has 8 nitrogen and oxygen atoms in total. The van der Waals surface area contributed by atoms with Gasteiger partial charge < -0.3 is 15.1 Å². The predicted molar refractivity (Wildman–Crippen MR) is 173 cm³/mol. The maximum atomic E-state index is 15.1. The van der Waals surface area contributed by atoms with Gasteiger partial charge >= 0.3 is 5.69 Å². The van der Waals surface area contributed by atoms with Crippen molar-refractivity contribution in [3.8, 4) is 16.9 Å². The second-order valence-electron chi connectivity index (χ2n) is 12.5. The van der Waals surface area contributed by atoms with Crippen LogP contribution in [0.15, 0.2) is 41.2 Å². The molecule has 2 atom stereocenters. The van der Waals surface area contributed by atoms with Crippen molar-refractivity contribution in [2.45, 2.75) is 71.9 Å². The van der Waals surface area contributed by atoms with E-state index in [1.54, 1.807) is 28.8 Å². The predicted octanol–water partition coefficient (Wildman–Crippen LogP) is 6.28. The summed E-state index contributed by atoms with van der Waals surface area (Å²) in [5.74, 6) is 1.13. The van der Waals surface area contributed by atoms with Crippen LogP contribution < -0.4 is 20.8 Å². The van der Waals surface area contributed by atoms with E-state index in [1.807, 2.05) is 0 Å². The summed E-state index contributed by atoms with van der Waals surface area (Å²) in [4.78, 5) is 33.6. The number of anilines is 2. The van der Waals surface area contributed by atoms with Crippen LogP contribution in [-0.2, 0) is 0 Å². The van der Waals surface area contributed by atoms with Crippen molar-refractivity contribution in [1.29, 1.82) is 0 Å². The molecule has 0 saturated carbocycles. The molecule has 226 valence electrons. The van der Waals surface area contributed by atoms with Crippen LogP contribution in [0.2, 0.25) is 5.02 Å². The third-order valence-corrected chi connectivity index (χ3v) is 8.86. The summed E-state index contributed by atoms with van der Waals surface area (Å²) in [7, 11) is 0. The van der Waals surface area contributed by atoms with Gasteiger partial charge in [-0.3, -0.25) is 0 Å². The Morgan fingerprint density at radius 1 is 1.02 bits per heavy atom. The molecule has 2 aliphatic heterocycles. The highest BCUT2D eigenvalue weighted by Gasteiger charge is 2.30. The highest BCUT2D eigenvalue weighted by Crippen LogP contribution is 2.38. The quantitative estimate of drug-likeness (QED) is 0.278. The molecule has 0 spiro atoms. The summed E-state index contributed by atoms with van der Waals surface area (Å²) in [6, 6.07) is 10.6. The van der Waals surface area contributed by atoms with Crippen molar-refractivity contribution in [2.75, 3.05) is 36.0 Å². The Balaban J connectivity index is 1.72. The molecule has 10 heteroatoms. The Labute approximate surface area is 256 Å². The molecule has 5 heterocycles. The Morgan fingerprint density at radius 2 is 1.77 bits per heavy atom. The maximum absolute atomic E-state index is 15.1. The average molecular weight is 604 g/mol. The van der Waals surface area contributed by atoms with Gasteiger partial charge in [0.15, 0.2) is 5.65 Å². The topological polar surface area (TPSA) is 79.2 Å². The number of nitrogens with zero attached hydrogens (tertiary/aromatic N) is 6. The summed E-state index contributed by atoms with van der Waals surface area (Å²) in [5, 5.41) is 4.43. The van der Waals surface area contributed by atoms with Crippen molar-refractivity contribution < 1.29 is 4.39 Å². The number of rotatable bonds is 6. The normalized spacial score (nSPS) is 19.0. The van der Waals surface area contributed by atoms with E-state index < -0.39 is 11.5 Å². The molecule has 0 unspecified atom stereocenters. The van der Waals surface area contributed by atoms with Gasteiger partial charge in [-0.2, -0.15) is 4.98 Å². The van der Waals surface area contributed by atoms with Crippen molar-refractivity contribution in [3.63, 3.8) is 0 Å². The first-order chi connectivity index (χ1) is 20.5. The van der Waals surface area contributed by atoms with Gasteiger partial charge in [0.2, 0.25) is 0 Å². The number of fused-ring (bicyclic) bond motifs is 1. The van der Waals surface area contributed by atoms with Crippen LogP contribution in [0.4, 0.5) is 16.0 Å². The summed E-state index contributed by atoms with van der Waals surface area (Å²) in [6.07, 6.45) is 1.14. The van der Waals surface area contributed by atoms with E-state index in [9.17, 15) is 4.79 Å². The highest BCUT2D eigenvalue weighted by molar-refractivity contribution is 6.33. The number of benzene rings is 1. The molecule has 4 aromatic rings. The van der Waals surface area contributed by atoms with Crippen LogP contribution in [-0.4, -0.2) is 57.8 Å². The molecule has 6 rings (SSSR count). The van der Waals surface area contributed by atoms with Gasteiger partial charge in [0.05, 0.1) is 27.5 Å². The smallest absolute Gasteiger partial charge is 0.355 e. The minimum absolute atomic E-state index is 0.0164. The molecular weight excluding hydrogens is 565 g/mol. The van der Waals surface area contributed by atoms with Crippen molar-refractivity contribution >= 4 is 34.3 Å². The van der Waals surface area contributed by atoms with Gasteiger partial charge in [-0.1, -0.05) is 51.4 Å². The van der Waals surface area contributed by atoms with Crippen molar-refractivity contribution in [1.82, 2.24) is 24.8 Å². The standard InChI is InChI=1S/C33H39ClFN7O/c1-18(2)23-15-27(40-12-9-13-40)37-28(19(3)4)30(23)42-32-24(14-25(34)29(38-32)22-10-7-8-11-26(22)35)31(39-33(42)43)41-17-20(5)36-16-21(41)6/h7-8,10-11,14-15,18-21,36H,9,12-13,16-17H2,1-6H3/t20-,21+/m1/s1. The Hall–Kier alpha value is -3.56. The monoisotopic (exact) mass is 603 g/mol. The number of aromatic nitrogens is 4. The fourth-order valence-corrected chi connectivity index (χ4v) is 6.30. The molecule has 0 amide bonds. The fraction of sp³-hybridized carbons (Fsp3) is 0.455. The molecular formula is C33H39ClFN7O. The molecule has 3 aromatic heterocycles. The van der Waals surface area contributed by atoms with Gasteiger partial charge in [-0.25, -0.2) is 23.7 Å². The van der Waals surface area contributed by atoms with Crippen LogP contribution in [0, 0.1) is 5.82 Å². The third-order valence-electron chi connectivity index (χ3n) is 8.58. The van der Waals surface area contributed by atoms with E-state index in [4.69, 9.17) is 26.6 Å². The first-order valence-electron chi connectivity index (χ1n) is 15.2. The molecule has 1 aromatic carbocycles. The number of halogens is 2. The van der Waals surface area contributed by atoms with E-state index in [-0.39, 0.29) is 35.2 Å². The van der Waals surface area contributed by atoms with Gasteiger partial charge in [0.1, 0.15) is 17.5 Å². The van der Waals surface area contributed by atoms with Crippen LogP contribution in [0.3, 0.4) is 0 Å². The van der Waals surface area contributed by atoms with Gasteiger partial charge in [0, 0.05) is 43.8 Å². The SMILES string of the molecule is CC(C)c1cc(N2CCC2)nc(C(C)C)c1-n1c(=O)nc(N2C[C@@H](C)NC[C@@H]2C)c2cc(Cl)c(-c3ccccc3F)nc21. The van der Waals surface area contributed by atoms with E-state index >= 15 is 4.39 Å². The second kappa shape index (κ2) is 11.5. The van der Waals surface area contributed by atoms with E-state index in [2.05, 4.69) is 62.7 Å². The first-order valence-corrected chi connectivity index (χ1v) is 15.6. The molecule has 2 aliphatic rings. The van der Waals surface area contributed by atoms with Crippen LogP contribution in [0.1, 0.15) is 71.1 Å². The zero-order valence-electron chi connectivity index (χ0n) is 25.7. The van der Waals surface area contributed by atoms with E-state index in [1.165, 1.54) is 6.07 Å². The average Bonchev–Trinajstić information content (AvgIpc) is 2.93. The number of hydrogen-bond acceptors (Lipinski definition) is 7. The summed E-state index contributed by atoms with van der Waals surface area (Å²) >= 11 is 6.87. The zero-order valence-corrected chi connectivity index (χ0v) is 26.4. The summed E-state index contributed by atoms with van der Waals surface area (Å²) in [5.41, 5.74) is 2.98. The molecule has 0 aliphatic carbocycles. The molecule has 0 radical (unpaired) electrons. The lowest BCUT2D eigenvalue weighted by Gasteiger charge is -2.39. The minimum Gasteiger partial charge on any atom is -0.356 e. The Bertz CT molecular complexity index is 1720. The fourth-order valence-electron chi connectivity index (χ4n) is 6.04. The van der Waals surface area contributed by atoms with Gasteiger partial charge in [-0.15, -0.1) is 0 Å². The third kappa shape index (κ3) is 5.27. The lowest BCUT2D eigenvalue weighted by Crippen LogP contribution is -2.55. The van der Waals surface area contributed by atoms with Gasteiger partial charge in [0.25, 0.3) is 0 Å². The van der Waals surface area contributed by atoms with E-state index in [0.29, 0.717) is 34.1 Å². The molecule has 43 heavy (non-hydrogen) atoms. The summed E-state index contributed by atoms with van der Waals surface area (Å²) in [6.45, 7) is 16.0. The molecule has 2 saturated heterocycles. The Kier molecular flexibility index (Phi) is 7.89. The van der Waals surface area contributed by atoms with Crippen LogP contribution >= 0.6 is 11.6 Å². The molecule has 2 fully saturated rings. The highest BCUT2D eigenvalue weighted by atomic mass is 35.5. The van der Waals surface area contributed by atoms with E-state index in [0.717, 1.165) is 43.1 Å². The van der Waals surface area contributed by atoms with Crippen molar-refractivity contribution in [2.24, 2.45) is 0 Å². The number of nitrogens with one attached hydrogen (secondary N) is 1. The summed E-state index contributed by atoms with van der Waals surface area (Å²) < 4.78 is 16.7. The number of piperazine rings is 1. The number of hydrogen-bond donors (Lipinski definition) is 1. The van der Waals surface area contributed by atoms with Gasteiger partial charge in [-0.05, 0) is 61.9 Å². The largest absolute Gasteiger partial charge is 0.356 e. The molecule has 1 N–H and O–H groups in total. The lowest BCUT2D eigenvalue weighted by molar-refractivity contribution is 0.423.